The van der Waals surface area contributed by atoms with Gasteiger partial charge in [0, 0.05) is 22.0 Å². The normalized spacial score (nSPS) is 12.1. The van der Waals surface area contributed by atoms with Crippen molar-refractivity contribution >= 4 is 37.9 Å². The first kappa shape index (κ1) is 20.0. The van der Waals surface area contributed by atoms with Gasteiger partial charge in [-0.3, -0.25) is 0 Å². The van der Waals surface area contributed by atoms with E-state index in [1.54, 1.807) is 30.5 Å². The predicted octanol–water partition coefficient (Wildman–Crippen LogP) is 3.55. The number of fused-ring (bicyclic) bond motifs is 1. The number of hydrogen-bond donors (Lipinski definition) is 1. The lowest BCUT2D eigenvalue weighted by atomic mass is 10.2. The lowest BCUT2D eigenvalue weighted by molar-refractivity contribution is 0.390. The number of halogens is 1. The Morgan fingerprint density at radius 2 is 1.93 bits per heavy atom. The summed E-state index contributed by atoms with van der Waals surface area (Å²) in [5, 5.41) is 8.93. The molecule has 0 aliphatic carbocycles. The number of rotatable bonds is 6. The second kappa shape index (κ2) is 7.52. The molecule has 0 radical (unpaired) electrons. The van der Waals surface area contributed by atoms with Gasteiger partial charge in [-0.15, -0.1) is 5.10 Å². The SMILES string of the molecule is Cc1noc(C)c1S(=O)(=O)NCCc1sc2nc(-c3ccc(Cl)cc3)nn2c1C. The van der Waals surface area contributed by atoms with Gasteiger partial charge in [-0.1, -0.05) is 28.1 Å². The quantitative estimate of drug-likeness (QED) is 0.481. The maximum atomic E-state index is 12.5. The number of thiazole rings is 1. The highest BCUT2D eigenvalue weighted by Crippen LogP contribution is 2.26. The fraction of sp³-hybridized carbons (Fsp3) is 0.278. The van der Waals surface area contributed by atoms with Crippen LogP contribution in [-0.4, -0.2) is 34.7 Å². The number of benzene rings is 1. The van der Waals surface area contributed by atoms with Crippen molar-refractivity contribution in [1.29, 1.82) is 0 Å². The minimum Gasteiger partial charge on any atom is -0.360 e. The summed E-state index contributed by atoms with van der Waals surface area (Å²) in [4.78, 5) is 6.46. The van der Waals surface area contributed by atoms with E-state index in [4.69, 9.17) is 16.1 Å². The number of nitrogens with zero attached hydrogens (tertiary/aromatic N) is 4. The average Bonchev–Trinajstić information content (AvgIpc) is 3.31. The van der Waals surface area contributed by atoms with Crippen molar-refractivity contribution in [3.05, 3.63) is 51.3 Å². The zero-order valence-corrected chi connectivity index (χ0v) is 18.3. The largest absolute Gasteiger partial charge is 0.360 e. The lowest BCUT2D eigenvalue weighted by Crippen LogP contribution is -2.26. The van der Waals surface area contributed by atoms with E-state index in [0.29, 0.717) is 23.0 Å². The van der Waals surface area contributed by atoms with E-state index in [-0.39, 0.29) is 17.2 Å². The molecule has 0 saturated heterocycles. The number of aryl methyl sites for hydroxylation is 3. The molecular formula is C18H18ClN5O3S2. The van der Waals surface area contributed by atoms with Crippen molar-refractivity contribution < 1.29 is 12.9 Å². The summed E-state index contributed by atoms with van der Waals surface area (Å²) in [6.07, 6.45) is 0.528. The van der Waals surface area contributed by atoms with Gasteiger partial charge in [0.05, 0.1) is 5.69 Å². The summed E-state index contributed by atoms with van der Waals surface area (Å²) < 4.78 is 34.4. The van der Waals surface area contributed by atoms with Gasteiger partial charge in [0.15, 0.2) is 11.6 Å². The van der Waals surface area contributed by atoms with Gasteiger partial charge >= 0.3 is 0 Å². The molecule has 1 aromatic carbocycles. The summed E-state index contributed by atoms with van der Waals surface area (Å²) in [7, 11) is -3.67. The Labute approximate surface area is 176 Å². The molecule has 8 nitrogen and oxygen atoms in total. The average molecular weight is 452 g/mol. The molecule has 3 heterocycles. The second-order valence-electron chi connectivity index (χ2n) is 6.55. The van der Waals surface area contributed by atoms with Crippen LogP contribution in [0.4, 0.5) is 0 Å². The summed E-state index contributed by atoms with van der Waals surface area (Å²) >= 11 is 7.43. The van der Waals surface area contributed by atoms with E-state index in [2.05, 4.69) is 20.0 Å². The Bertz CT molecular complexity index is 1270. The Kier molecular flexibility index (Phi) is 5.19. The minimum absolute atomic E-state index is 0.101. The zero-order chi connectivity index (χ0) is 20.8. The Hall–Kier alpha value is -2.27. The van der Waals surface area contributed by atoms with E-state index in [1.165, 1.54) is 11.3 Å². The monoisotopic (exact) mass is 451 g/mol. The van der Waals surface area contributed by atoms with Gasteiger partial charge in [0.1, 0.15) is 10.6 Å². The van der Waals surface area contributed by atoms with Crippen LogP contribution < -0.4 is 4.72 Å². The molecule has 0 aliphatic heterocycles. The molecule has 0 bridgehead atoms. The highest BCUT2D eigenvalue weighted by molar-refractivity contribution is 7.89. The van der Waals surface area contributed by atoms with Gasteiger partial charge in [0.2, 0.25) is 15.0 Å². The van der Waals surface area contributed by atoms with E-state index in [9.17, 15) is 8.42 Å². The van der Waals surface area contributed by atoms with Crippen LogP contribution in [0.5, 0.6) is 0 Å². The zero-order valence-electron chi connectivity index (χ0n) is 15.9. The van der Waals surface area contributed by atoms with Gasteiger partial charge in [-0.2, -0.15) is 4.98 Å². The smallest absolute Gasteiger partial charge is 0.245 e. The van der Waals surface area contributed by atoms with Crippen molar-refractivity contribution in [3.8, 4) is 11.4 Å². The maximum Gasteiger partial charge on any atom is 0.245 e. The van der Waals surface area contributed by atoms with Crippen LogP contribution in [0.15, 0.2) is 33.7 Å². The lowest BCUT2D eigenvalue weighted by Gasteiger charge is -2.05. The standard InChI is InChI=1S/C18H18ClN5O3S2/c1-10-16(12(3)27-23-10)29(25,26)20-9-8-15-11(2)24-18(28-15)21-17(22-24)13-4-6-14(19)7-5-13/h4-7,20H,8-9H2,1-3H3. The maximum absolute atomic E-state index is 12.5. The van der Waals surface area contributed by atoms with E-state index in [0.717, 1.165) is 21.1 Å². The van der Waals surface area contributed by atoms with Gasteiger partial charge in [-0.25, -0.2) is 17.7 Å². The summed E-state index contributed by atoms with van der Waals surface area (Å²) in [6.45, 7) is 5.38. The Balaban J connectivity index is 1.50. The van der Waals surface area contributed by atoms with Crippen LogP contribution in [0, 0.1) is 20.8 Å². The molecular weight excluding hydrogens is 434 g/mol. The molecule has 0 unspecified atom stereocenters. The summed E-state index contributed by atoms with van der Waals surface area (Å²) in [5.41, 5.74) is 2.17. The fourth-order valence-corrected chi connectivity index (χ4v) is 5.61. The first-order valence-electron chi connectivity index (χ1n) is 8.80. The van der Waals surface area contributed by atoms with Crippen LogP contribution in [0.2, 0.25) is 5.02 Å². The van der Waals surface area contributed by atoms with Gasteiger partial charge < -0.3 is 4.52 Å². The molecule has 0 fully saturated rings. The first-order chi connectivity index (χ1) is 13.8. The number of aromatic nitrogens is 4. The highest BCUT2D eigenvalue weighted by atomic mass is 35.5. The molecule has 3 aromatic heterocycles. The number of hydrogen-bond acceptors (Lipinski definition) is 7. The van der Waals surface area contributed by atoms with Crippen molar-refractivity contribution in [2.75, 3.05) is 6.54 Å². The van der Waals surface area contributed by atoms with Gasteiger partial charge in [0.25, 0.3) is 0 Å². The molecule has 152 valence electrons. The van der Waals surface area contributed by atoms with Crippen molar-refractivity contribution in [1.82, 2.24) is 24.5 Å². The molecule has 4 aromatic rings. The minimum atomic E-state index is -3.67. The molecule has 0 amide bonds. The summed E-state index contributed by atoms with van der Waals surface area (Å²) in [6, 6.07) is 7.35. The fourth-order valence-electron chi connectivity index (χ4n) is 3.07. The van der Waals surface area contributed by atoms with Gasteiger partial charge in [-0.05, 0) is 51.5 Å². The van der Waals surface area contributed by atoms with Crippen molar-refractivity contribution in [2.24, 2.45) is 0 Å². The number of nitrogens with one attached hydrogen (secondary N) is 1. The van der Waals surface area contributed by atoms with Crippen LogP contribution >= 0.6 is 22.9 Å². The van der Waals surface area contributed by atoms with E-state index >= 15 is 0 Å². The molecule has 0 saturated carbocycles. The predicted molar refractivity (Wildman–Crippen MR) is 111 cm³/mol. The molecule has 0 spiro atoms. The van der Waals surface area contributed by atoms with E-state index < -0.39 is 10.0 Å². The van der Waals surface area contributed by atoms with Crippen molar-refractivity contribution in [3.63, 3.8) is 0 Å². The van der Waals surface area contributed by atoms with Crippen molar-refractivity contribution in [2.45, 2.75) is 32.1 Å². The Morgan fingerprint density at radius 1 is 1.21 bits per heavy atom. The molecule has 11 heteroatoms. The molecule has 29 heavy (non-hydrogen) atoms. The third-order valence-electron chi connectivity index (χ3n) is 4.50. The molecule has 1 N–H and O–H groups in total. The topological polar surface area (TPSA) is 102 Å². The second-order valence-corrected chi connectivity index (χ2v) is 9.75. The van der Waals surface area contributed by atoms with Crippen LogP contribution in [0.1, 0.15) is 22.0 Å². The van der Waals surface area contributed by atoms with Crippen LogP contribution in [0.3, 0.4) is 0 Å². The third-order valence-corrected chi connectivity index (χ3v) is 7.65. The highest BCUT2D eigenvalue weighted by Gasteiger charge is 2.24. The van der Waals surface area contributed by atoms with Crippen LogP contribution in [-0.2, 0) is 16.4 Å². The number of sulfonamides is 1. The van der Waals surface area contributed by atoms with E-state index in [1.807, 2.05) is 19.1 Å². The first-order valence-corrected chi connectivity index (χ1v) is 11.5. The Morgan fingerprint density at radius 3 is 2.55 bits per heavy atom. The molecule has 0 atom stereocenters. The summed E-state index contributed by atoms with van der Waals surface area (Å²) in [5.74, 6) is 0.904. The molecule has 4 rings (SSSR count). The van der Waals surface area contributed by atoms with Crippen LogP contribution in [0.25, 0.3) is 16.3 Å². The molecule has 0 aliphatic rings. The third kappa shape index (κ3) is 3.80.